The van der Waals surface area contributed by atoms with E-state index in [1.165, 1.54) is 0 Å². The summed E-state index contributed by atoms with van der Waals surface area (Å²) in [7, 11) is -1.40. The molecule has 18 heavy (non-hydrogen) atoms. The maximum absolute atomic E-state index is 9.27. The first-order chi connectivity index (χ1) is 8.11. The van der Waals surface area contributed by atoms with Crippen LogP contribution in [-0.2, 0) is 23.7 Å². The molecule has 2 N–H and O–H groups in total. The summed E-state index contributed by atoms with van der Waals surface area (Å²) < 4.78 is 8.25. The Kier molecular flexibility index (Phi) is 19.9. The molecule has 0 aromatic carbocycles. The second-order valence-electron chi connectivity index (χ2n) is 5.14. The topological polar surface area (TPSA) is 57.5 Å². The molecule has 0 aromatic heterocycles. The van der Waals surface area contributed by atoms with Crippen molar-refractivity contribution < 1.29 is 33.5 Å². The number of rotatable bonds is 4. The zero-order valence-electron chi connectivity index (χ0n) is 13.0. The summed E-state index contributed by atoms with van der Waals surface area (Å²) in [5, 5.41) is 0. The Morgan fingerprint density at radius 2 is 0.722 bits per heavy atom. The Hall–Kier alpha value is 1.29. The van der Waals surface area contributed by atoms with Gasteiger partial charge in [0.1, 0.15) is 0 Å². The fourth-order valence-corrected chi connectivity index (χ4v) is 3.58. The van der Waals surface area contributed by atoms with E-state index in [-0.39, 0.29) is 0 Å². The molecule has 110 valence electrons. The molecular formula is C12H30O3P2Ti. The van der Waals surface area contributed by atoms with Crippen LogP contribution >= 0.6 is 16.3 Å². The third-order valence-electron chi connectivity index (χ3n) is 2.12. The monoisotopic (exact) mass is 332 g/mol. The second-order valence-corrected chi connectivity index (χ2v) is 10.8. The molecule has 0 aliphatic heterocycles. The van der Waals surface area contributed by atoms with Gasteiger partial charge in [-0.2, -0.15) is 0 Å². The maximum atomic E-state index is 9.27. The molecule has 0 rings (SSSR count). The van der Waals surface area contributed by atoms with Gasteiger partial charge in [-0.3, -0.25) is 0 Å². The summed E-state index contributed by atoms with van der Waals surface area (Å²) in [4.78, 5) is 18.5. The van der Waals surface area contributed by atoms with E-state index >= 15 is 0 Å². The van der Waals surface area contributed by atoms with Gasteiger partial charge in [-0.05, 0) is 22.6 Å². The van der Waals surface area contributed by atoms with E-state index in [2.05, 4.69) is 55.4 Å². The van der Waals surface area contributed by atoms with Crippen LogP contribution in [-0.4, -0.2) is 32.4 Å². The van der Waals surface area contributed by atoms with Gasteiger partial charge in [-0.15, -0.1) is 0 Å². The summed E-state index contributed by atoms with van der Waals surface area (Å²) >= 11 is 0.750. The number of hydrogen-bond acceptors (Lipinski definition) is 3. The molecule has 0 fully saturated rings. The van der Waals surface area contributed by atoms with Gasteiger partial charge in [-0.1, -0.05) is 55.4 Å². The first kappa shape index (κ1) is 24.3. The van der Waals surface area contributed by atoms with Crippen molar-refractivity contribution >= 4 is 16.3 Å². The van der Waals surface area contributed by atoms with Crippen LogP contribution in [0, 0.1) is 0 Å². The third-order valence-corrected chi connectivity index (χ3v) is 6.35. The molecule has 0 atom stereocenters. The van der Waals surface area contributed by atoms with Gasteiger partial charge in [0.05, 0.1) is 0 Å². The zero-order chi connectivity index (χ0) is 15.5. The van der Waals surface area contributed by atoms with E-state index < -0.39 is 16.3 Å². The third kappa shape index (κ3) is 15.4. The Balaban J connectivity index is -0.000000219. The zero-order valence-corrected chi connectivity index (χ0v) is 16.4. The quantitative estimate of drug-likeness (QED) is 0.597. The van der Waals surface area contributed by atoms with Crippen LogP contribution in [0.15, 0.2) is 0 Å². The predicted octanol–water partition coefficient (Wildman–Crippen LogP) is 4.26. The second kappa shape index (κ2) is 14.7. The van der Waals surface area contributed by atoms with Crippen molar-refractivity contribution in [3.05, 3.63) is 0 Å². The molecule has 0 saturated carbocycles. The van der Waals surface area contributed by atoms with Crippen LogP contribution in [0.4, 0.5) is 0 Å². The first-order valence-electron chi connectivity index (χ1n) is 6.26. The van der Waals surface area contributed by atoms with Gasteiger partial charge in [0.2, 0.25) is 0 Å². The Bertz CT molecular complexity index is 145. The van der Waals surface area contributed by atoms with E-state index in [0.717, 1.165) is 20.4 Å². The molecule has 0 unspecified atom stereocenters. The van der Waals surface area contributed by atoms with Crippen LogP contribution < -0.4 is 0 Å². The number of hydrogen-bond donors (Lipinski definition) is 2. The van der Waals surface area contributed by atoms with Crippen LogP contribution in [0.3, 0.4) is 0 Å². The van der Waals surface area contributed by atoms with Crippen molar-refractivity contribution in [2.45, 2.75) is 78.0 Å². The van der Waals surface area contributed by atoms with Crippen molar-refractivity contribution in [2.75, 3.05) is 0 Å². The summed E-state index contributed by atoms with van der Waals surface area (Å²) in [5.74, 6) is 0. The Labute approximate surface area is 128 Å². The van der Waals surface area contributed by atoms with Gasteiger partial charge < -0.3 is 9.79 Å². The molecule has 0 heterocycles. The molecule has 6 heteroatoms. The van der Waals surface area contributed by atoms with Gasteiger partial charge in [0.25, 0.3) is 0 Å². The molecule has 3 nitrogen and oxygen atoms in total. The van der Waals surface area contributed by atoms with Crippen molar-refractivity contribution in [1.29, 1.82) is 0 Å². The minimum absolute atomic E-state index is 0.463. The summed E-state index contributed by atoms with van der Waals surface area (Å²) in [6.45, 7) is 16.5. The molecule has 0 bridgehead atoms. The van der Waals surface area contributed by atoms with Crippen molar-refractivity contribution in [3.8, 4) is 0 Å². The molecule has 0 amide bonds. The normalized spacial score (nSPS) is 10.8. The summed E-state index contributed by atoms with van der Waals surface area (Å²) in [6, 6.07) is 0. The van der Waals surface area contributed by atoms with Crippen molar-refractivity contribution in [1.82, 2.24) is 0 Å². The molecule has 0 aliphatic rings. The Morgan fingerprint density at radius 1 is 0.611 bits per heavy atom. The van der Waals surface area contributed by atoms with E-state index in [1.54, 1.807) is 0 Å². The SMILES string of the molecule is CC(C)P(O)C(C)C.CC(C)P(O)C(C)C.[O]=[Ti]. The average molecular weight is 332 g/mol. The molecule has 0 aliphatic carbocycles. The average Bonchev–Trinajstić information content (AvgIpc) is 2.29. The van der Waals surface area contributed by atoms with Crippen LogP contribution in [0.5, 0.6) is 0 Å². The van der Waals surface area contributed by atoms with E-state index in [0.29, 0.717) is 22.6 Å². The van der Waals surface area contributed by atoms with Crippen LogP contribution in [0.1, 0.15) is 55.4 Å². The molecular weight excluding hydrogens is 302 g/mol. The van der Waals surface area contributed by atoms with Gasteiger partial charge >= 0.3 is 23.7 Å². The summed E-state index contributed by atoms with van der Waals surface area (Å²) in [6.07, 6.45) is 0. The minimum atomic E-state index is -0.699. The van der Waals surface area contributed by atoms with E-state index in [1.807, 2.05) is 0 Å². The van der Waals surface area contributed by atoms with E-state index in [9.17, 15) is 9.79 Å². The fraction of sp³-hybridized carbons (Fsp3) is 1.00. The van der Waals surface area contributed by atoms with E-state index in [4.69, 9.17) is 3.32 Å². The molecule has 0 saturated heterocycles. The van der Waals surface area contributed by atoms with Gasteiger partial charge in [0.15, 0.2) is 0 Å². The van der Waals surface area contributed by atoms with Crippen LogP contribution in [0.25, 0.3) is 0 Å². The molecule has 0 aromatic rings. The van der Waals surface area contributed by atoms with Crippen molar-refractivity contribution in [2.24, 2.45) is 0 Å². The molecule has 0 spiro atoms. The predicted molar refractivity (Wildman–Crippen MR) is 79.5 cm³/mol. The summed E-state index contributed by atoms with van der Waals surface area (Å²) in [5.41, 5.74) is 1.85. The Morgan fingerprint density at radius 3 is 0.722 bits per heavy atom. The standard InChI is InChI=1S/2C6H15OP.O.Ti/c2*1-5(2)8(7)6(3)4;;/h2*5-7H,1-4H3;;. The fourth-order valence-electron chi connectivity index (χ4n) is 1.19. The van der Waals surface area contributed by atoms with Gasteiger partial charge in [0, 0.05) is 16.3 Å². The van der Waals surface area contributed by atoms with Crippen molar-refractivity contribution in [3.63, 3.8) is 0 Å². The van der Waals surface area contributed by atoms with Crippen LogP contribution in [0.2, 0.25) is 0 Å². The van der Waals surface area contributed by atoms with Gasteiger partial charge in [-0.25, -0.2) is 0 Å². The first-order valence-corrected chi connectivity index (χ1v) is 9.76. The molecule has 0 radical (unpaired) electrons.